The van der Waals surface area contributed by atoms with E-state index in [4.69, 9.17) is 9.47 Å². The zero-order valence-electron chi connectivity index (χ0n) is 31.9. The van der Waals surface area contributed by atoms with E-state index in [0.29, 0.717) is 30.8 Å². The average Bonchev–Trinajstić information content (AvgIpc) is 3.89. The first-order chi connectivity index (χ1) is 26.0. The van der Waals surface area contributed by atoms with Gasteiger partial charge in [-0.2, -0.15) is 0 Å². The number of ether oxygens (including phenoxy) is 2. The quantitative estimate of drug-likeness (QED) is 0.0654. The number of anilines is 3. The number of esters is 2. The number of hydrogen-bond acceptors (Lipinski definition) is 10. The molecule has 4 amide bonds. The topological polar surface area (TPSA) is 214 Å². The molecule has 4 aromatic heterocycles. The van der Waals surface area contributed by atoms with Crippen LogP contribution >= 0.6 is 0 Å². The SMILES string of the molecule is C=CCOC(=O)c1cc(NC(=O)c2nc(NC(=O)CCNC(=O)c3cc(NC(=O)c4nccn4CCCCCC(=O)OC(C)(C)C)cn3C)cn2C)cn1C. The Labute approximate surface area is 318 Å². The predicted octanol–water partition coefficient (Wildman–Crippen LogP) is 3.80. The highest BCUT2D eigenvalue weighted by atomic mass is 16.6. The second kappa shape index (κ2) is 18.5. The first-order valence-electron chi connectivity index (χ1n) is 17.6. The van der Waals surface area contributed by atoms with Gasteiger partial charge in [0.25, 0.3) is 17.7 Å². The number of nitrogens with one attached hydrogen (secondary N) is 4. The molecule has 0 aliphatic heterocycles. The summed E-state index contributed by atoms with van der Waals surface area (Å²) >= 11 is 0. The molecule has 18 nitrogen and oxygen atoms in total. The van der Waals surface area contributed by atoms with Crippen LogP contribution in [-0.2, 0) is 46.8 Å². The van der Waals surface area contributed by atoms with Crippen LogP contribution in [0.15, 0.2) is 55.8 Å². The van der Waals surface area contributed by atoms with Gasteiger partial charge >= 0.3 is 11.9 Å². The van der Waals surface area contributed by atoms with E-state index >= 15 is 0 Å². The molecule has 0 aliphatic carbocycles. The van der Waals surface area contributed by atoms with Crippen LogP contribution in [0.3, 0.4) is 0 Å². The molecule has 0 spiro atoms. The van der Waals surface area contributed by atoms with Crippen LogP contribution in [0, 0.1) is 0 Å². The maximum Gasteiger partial charge on any atom is 0.355 e. The highest BCUT2D eigenvalue weighted by molar-refractivity contribution is 6.04. The standard InChI is InChI=1S/C37H48N10O8/c1-8-18-54-36(53)27-20-25(22-45(27)6)41-35(52)32-43-28(23-46(32)7)42-29(48)13-14-39-33(50)26-19-24(21-44(26)5)40-34(51)31-38-15-17-47(31)16-11-9-10-12-30(49)55-37(2,3)4/h8,15,17,19-23H,1,9-14,16,18H2,2-7H3,(H,39,50)(H,40,51)(H,41,52)(H,42,48). The Bertz CT molecular complexity index is 2040. The molecule has 0 saturated carbocycles. The van der Waals surface area contributed by atoms with Crippen molar-refractivity contribution in [1.29, 1.82) is 0 Å². The molecule has 0 fully saturated rings. The van der Waals surface area contributed by atoms with Gasteiger partial charge in [-0.15, -0.1) is 0 Å². The number of aromatic nitrogens is 6. The first kappa shape index (κ1) is 41.3. The molecule has 0 saturated heterocycles. The van der Waals surface area contributed by atoms with Crippen molar-refractivity contribution in [3.05, 3.63) is 78.8 Å². The van der Waals surface area contributed by atoms with Crippen molar-refractivity contribution in [2.75, 3.05) is 29.1 Å². The van der Waals surface area contributed by atoms with Crippen molar-refractivity contribution in [3.8, 4) is 0 Å². The van der Waals surface area contributed by atoms with Gasteiger partial charge < -0.3 is 49.0 Å². The van der Waals surface area contributed by atoms with Gasteiger partial charge in [0.1, 0.15) is 23.6 Å². The molecule has 55 heavy (non-hydrogen) atoms. The summed E-state index contributed by atoms with van der Waals surface area (Å²) in [5, 5.41) is 10.8. The summed E-state index contributed by atoms with van der Waals surface area (Å²) in [5.41, 5.74) is 0.701. The molecule has 0 aromatic carbocycles. The number of nitrogens with zero attached hydrogens (tertiary/aromatic N) is 6. The third-order valence-electron chi connectivity index (χ3n) is 7.90. The highest BCUT2D eigenvalue weighted by Crippen LogP contribution is 2.18. The molecule has 0 aliphatic rings. The van der Waals surface area contributed by atoms with Crippen molar-refractivity contribution < 1.29 is 38.2 Å². The maximum absolute atomic E-state index is 13.0. The fraction of sp³-hybridized carbons (Fsp3) is 0.405. The van der Waals surface area contributed by atoms with Gasteiger partial charge in [0.2, 0.25) is 11.7 Å². The number of unbranched alkanes of at least 4 members (excludes halogenated alkanes) is 2. The minimum Gasteiger partial charge on any atom is -0.460 e. The lowest BCUT2D eigenvalue weighted by atomic mass is 10.1. The van der Waals surface area contributed by atoms with E-state index < -0.39 is 35.2 Å². The van der Waals surface area contributed by atoms with Crippen LogP contribution in [0.4, 0.5) is 17.2 Å². The summed E-state index contributed by atoms with van der Waals surface area (Å²) in [7, 11) is 4.88. The summed E-state index contributed by atoms with van der Waals surface area (Å²) in [5.74, 6) is -2.38. The average molecular weight is 761 g/mol. The third kappa shape index (κ3) is 12.0. The molecule has 0 unspecified atom stereocenters. The lowest BCUT2D eigenvalue weighted by Crippen LogP contribution is -2.29. The first-order valence-corrected chi connectivity index (χ1v) is 17.6. The van der Waals surface area contributed by atoms with Gasteiger partial charge in [-0.25, -0.2) is 14.8 Å². The Balaban J connectivity index is 1.21. The van der Waals surface area contributed by atoms with Crippen molar-refractivity contribution in [3.63, 3.8) is 0 Å². The Hall–Kier alpha value is -6.46. The van der Waals surface area contributed by atoms with Gasteiger partial charge in [0.15, 0.2) is 11.6 Å². The highest BCUT2D eigenvalue weighted by Gasteiger charge is 2.21. The number of carbonyl (C=O) groups is 6. The van der Waals surface area contributed by atoms with Crippen LogP contribution in [-0.4, -0.2) is 82.6 Å². The van der Waals surface area contributed by atoms with Gasteiger partial charge in [-0.3, -0.25) is 24.0 Å². The number of aryl methyl sites for hydroxylation is 4. The van der Waals surface area contributed by atoms with Crippen LogP contribution in [0.1, 0.15) is 95.1 Å². The molecule has 4 N–H and O–H groups in total. The van der Waals surface area contributed by atoms with E-state index in [0.717, 1.165) is 12.8 Å². The summed E-state index contributed by atoms with van der Waals surface area (Å²) in [6.07, 6.45) is 11.7. The minimum atomic E-state index is -0.572. The van der Waals surface area contributed by atoms with Crippen LogP contribution < -0.4 is 21.3 Å². The second-order valence-electron chi connectivity index (χ2n) is 13.7. The lowest BCUT2D eigenvalue weighted by molar-refractivity contribution is -0.154. The van der Waals surface area contributed by atoms with E-state index in [9.17, 15) is 28.8 Å². The molecular formula is C37H48N10O8. The molecule has 4 rings (SSSR count). The van der Waals surface area contributed by atoms with Gasteiger partial charge in [-0.05, 0) is 45.7 Å². The third-order valence-corrected chi connectivity index (χ3v) is 7.90. The summed E-state index contributed by atoms with van der Waals surface area (Å²) in [6.45, 7) is 9.59. The van der Waals surface area contributed by atoms with Gasteiger partial charge in [-0.1, -0.05) is 19.1 Å². The van der Waals surface area contributed by atoms with Crippen molar-refractivity contribution in [2.24, 2.45) is 21.1 Å². The summed E-state index contributed by atoms with van der Waals surface area (Å²) in [4.78, 5) is 84.1. The number of hydrogen-bond donors (Lipinski definition) is 4. The number of imidazole rings is 2. The molecular weight excluding hydrogens is 712 g/mol. The molecule has 4 heterocycles. The largest absolute Gasteiger partial charge is 0.460 e. The number of amides is 4. The van der Waals surface area contributed by atoms with E-state index in [1.54, 1.807) is 48.9 Å². The fourth-order valence-corrected chi connectivity index (χ4v) is 5.42. The predicted molar refractivity (Wildman–Crippen MR) is 203 cm³/mol. The summed E-state index contributed by atoms with van der Waals surface area (Å²) < 4.78 is 16.6. The van der Waals surface area contributed by atoms with Crippen molar-refractivity contribution in [1.82, 2.24) is 33.6 Å². The smallest absolute Gasteiger partial charge is 0.355 e. The Morgan fingerprint density at radius 3 is 2.13 bits per heavy atom. The Morgan fingerprint density at radius 2 is 1.45 bits per heavy atom. The summed E-state index contributed by atoms with van der Waals surface area (Å²) in [6, 6.07) is 2.98. The molecule has 294 valence electrons. The monoisotopic (exact) mass is 760 g/mol. The molecule has 4 aromatic rings. The Kier molecular flexibility index (Phi) is 13.9. The minimum absolute atomic E-state index is 0.00149. The van der Waals surface area contributed by atoms with Crippen molar-refractivity contribution >= 4 is 52.8 Å². The van der Waals surface area contributed by atoms with Crippen LogP contribution in [0.2, 0.25) is 0 Å². The fourth-order valence-electron chi connectivity index (χ4n) is 5.42. The lowest BCUT2D eigenvalue weighted by Gasteiger charge is -2.19. The van der Waals surface area contributed by atoms with Crippen molar-refractivity contribution in [2.45, 2.75) is 65.0 Å². The number of rotatable bonds is 18. The molecule has 0 bridgehead atoms. The molecule has 0 atom stereocenters. The van der Waals surface area contributed by atoms with E-state index in [2.05, 4.69) is 37.8 Å². The Morgan fingerprint density at radius 1 is 0.800 bits per heavy atom. The maximum atomic E-state index is 13.0. The van der Waals surface area contributed by atoms with E-state index in [1.807, 2.05) is 20.8 Å². The normalized spacial score (nSPS) is 11.1. The molecule has 0 radical (unpaired) electrons. The zero-order chi connectivity index (χ0) is 40.3. The van der Waals surface area contributed by atoms with Crippen LogP contribution in [0.5, 0.6) is 0 Å². The van der Waals surface area contributed by atoms with E-state index in [-0.39, 0.29) is 54.4 Å². The van der Waals surface area contributed by atoms with Crippen LogP contribution in [0.25, 0.3) is 0 Å². The zero-order valence-corrected chi connectivity index (χ0v) is 31.9. The molecule has 18 heteroatoms. The van der Waals surface area contributed by atoms with Gasteiger partial charge in [0, 0.05) is 78.1 Å². The second-order valence-corrected chi connectivity index (χ2v) is 13.7. The van der Waals surface area contributed by atoms with E-state index in [1.165, 1.54) is 39.7 Å². The number of carbonyl (C=O) groups excluding carboxylic acids is 6. The van der Waals surface area contributed by atoms with Gasteiger partial charge in [0.05, 0.1) is 11.4 Å².